The molecule has 22 heteroatoms. The number of carbonyl (C=O) groups is 6. The minimum Gasteiger partial charge on any atom is -0.462 e. The van der Waals surface area contributed by atoms with E-state index in [2.05, 4.69) is 77.8 Å². The summed E-state index contributed by atoms with van der Waals surface area (Å²) in [6, 6.07) is -2.81. The van der Waals surface area contributed by atoms with Crippen LogP contribution in [0.2, 0.25) is 0 Å². The SMILES string of the molecule is CCCCCCCCCCC[C@H](CC(=O)N[C@H](CO)CO[C@H]1O[C@H](CO)[C@@H](OP(=O)(O)O)[C@H](OC(=O)C[C@@H](CCCCCCCCCCC)OC(=O)CCCCCCCCCC)[C@@H]1NC(=O)C[C@@H](CCCCCCCCCCC)OC(=O)CCCCCCCCCC)OC(=O)CCCCCCCCCC.CCN(CC)CC. The molecule has 0 unspecified atom stereocenters. The standard InChI is InChI=1S/C84H159N2O18P.C6H15N/c1-7-13-19-25-31-37-40-46-52-58-71(99-77(91)61-55-49-43-34-28-22-16-10-4)64-75(89)85-70(67-87)69-98-84-81(86-76(90)65-72(59-53-47-41-38-32-26-20-14-8-2)100-78(92)62-56-50-44-35-29-23-17-11-5)83(82(74(68-88)102-84)104-105(95,96)97)103-80(94)66-73(60-54-48-42-39-33-27-21-15-9-3)101-79(93)63-57-51-45-36-30-24-18-12-6;1-4-7(5-2)6-3/h70-74,81-84,87-88H,7-69H2,1-6H3,(H,85,89)(H,86,90)(H2,95,96,97);4-6H2,1-3H3/t70-,71-,72-,73-,74-,81+,82-,83-,84+;/m1./s1. The predicted octanol–water partition coefficient (Wildman–Crippen LogP) is 21.7. The molecular formula is C90H174N3O18P. The van der Waals surface area contributed by atoms with E-state index in [1.54, 1.807) is 0 Å². The second kappa shape index (κ2) is 77.6. The Hall–Kier alpha value is -3.27. The zero-order chi connectivity index (χ0) is 82.8. The van der Waals surface area contributed by atoms with Crippen molar-refractivity contribution in [2.45, 2.75) is 503 Å². The van der Waals surface area contributed by atoms with E-state index in [-0.39, 0.29) is 38.1 Å². The number of phosphoric ester groups is 1. The lowest BCUT2D eigenvalue weighted by atomic mass is 9.95. The van der Waals surface area contributed by atoms with E-state index >= 15 is 0 Å². The molecule has 1 aliphatic rings. The van der Waals surface area contributed by atoms with E-state index < -0.39 is 119 Å². The molecular weight excluding hydrogens is 1440 g/mol. The number of amides is 2. The molecule has 0 saturated carbocycles. The largest absolute Gasteiger partial charge is 0.470 e. The van der Waals surface area contributed by atoms with Crippen LogP contribution in [0.3, 0.4) is 0 Å². The van der Waals surface area contributed by atoms with Crippen molar-refractivity contribution >= 4 is 43.5 Å². The number of nitrogens with one attached hydrogen (secondary N) is 2. The Bertz CT molecular complexity index is 2240. The van der Waals surface area contributed by atoms with Gasteiger partial charge in [-0.1, -0.05) is 351 Å². The molecule has 0 bridgehead atoms. The van der Waals surface area contributed by atoms with Gasteiger partial charge in [0.15, 0.2) is 12.4 Å². The van der Waals surface area contributed by atoms with E-state index in [1.807, 2.05) is 0 Å². The summed E-state index contributed by atoms with van der Waals surface area (Å²) in [6.45, 7) is 21.1. The molecule has 0 aromatic heterocycles. The van der Waals surface area contributed by atoms with Gasteiger partial charge in [0.1, 0.15) is 36.6 Å². The molecule has 1 saturated heterocycles. The molecule has 0 aromatic rings. The zero-order valence-corrected chi connectivity index (χ0v) is 74.2. The number of carbonyl (C=O) groups excluding carboxylic acids is 6. The van der Waals surface area contributed by atoms with Crippen molar-refractivity contribution in [3.8, 4) is 0 Å². The van der Waals surface area contributed by atoms with Crippen LogP contribution in [-0.2, 0) is 66.3 Å². The van der Waals surface area contributed by atoms with Gasteiger partial charge in [-0.15, -0.1) is 0 Å². The molecule has 112 heavy (non-hydrogen) atoms. The number of ether oxygens (including phenoxy) is 6. The first-order valence-corrected chi connectivity index (χ1v) is 48.2. The van der Waals surface area contributed by atoms with E-state index in [4.69, 9.17) is 32.9 Å². The third-order valence-corrected chi connectivity index (χ3v) is 22.3. The van der Waals surface area contributed by atoms with Crippen LogP contribution in [-0.4, -0.2) is 155 Å². The van der Waals surface area contributed by atoms with Crippen molar-refractivity contribution in [2.75, 3.05) is 39.5 Å². The monoisotopic (exact) mass is 1620 g/mol. The maximum absolute atomic E-state index is 14.9. The van der Waals surface area contributed by atoms with Gasteiger partial charge in [0.2, 0.25) is 11.8 Å². The zero-order valence-electron chi connectivity index (χ0n) is 73.3. The highest BCUT2D eigenvalue weighted by Gasteiger charge is 2.52. The predicted molar refractivity (Wildman–Crippen MR) is 454 cm³/mol. The van der Waals surface area contributed by atoms with E-state index in [0.29, 0.717) is 51.4 Å². The first-order chi connectivity index (χ1) is 54.3. The fourth-order valence-electron chi connectivity index (χ4n) is 14.7. The molecule has 9 atom stereocenters. The molecule has 1 heterocycles. The lowest BCUT2D eigenvalue weighted by molar-refractivity contribution is -0.272. The normalized spacial score (nSPS) is 16.8. The summed E-state index contributed by atoms with van der Waals surface area (Å²) in [6.07, 6.45) is 44.3. The Kier molecular flexibility index (Phi) is 75.4. The molecule has 1 aliphatic heterocycles. The van der Waals surface area contributed by atoms with Crippen molar-refractivity contribution in [3.05, 3.63) is 0 Å². The molecule has 0 aromatic carbocycles. The van der Waals surface area contributed by atoms with Gasteiger partial charge < -0.3 is 64.0 Å². The maximum Gasteiger partial charge on any atom is 0.470 e. The fraction of sp³-hybridized carbons (Fsp3) is 0.933. The average molecular weight is 1620 g/mol. The average Bonchev–Trinajstić information content (AvgIpc) is 0.780. The molecule has 0 radical (unpaired) electrons. The van der Waals surface area contributed by atoms with Crippen molar-refractivity contribution in [1.29, 1.82) is 0 Å². The summed E-state index contributed by atoms with van der Waals surface area (Å²) < 4.78 is 55.4. The van der Waals surface area contributed by atoms with Crippen LogP contribution < -0.4 is 10.6 Å². The quantitative estimate of drug-likeness (QED) is 0.0143. The maximum atomic E-state index is 14.9. The second-order valence-electron chi connectivity index (χ2n) is 32.2. The Balaban J connectivity index is 0.0000167. The first-order valence-electron chi connectivity index (χ1n) is 46.6. The molecule has 21 nitrogen and oxygen atoms in total. The van der Waals surface area contributed by atoms with Crippen LogP contribution >= 0.6 is 7.82 Å². The van der Waals surface area contributed by atoms with Crippen molar-refractivity contribution in [1.82, 2.24) is 15.5 Å². The van der Waals surface area contributed by atoms with Crippen LogP contribution in [0.5, 0.6) is 0 Å². The number of aliphatic hydroxyl groups excluding tert-OH is 2. The number of phosphoric acid groups is 1. The van der Waals surface area contributed by atoms with Gasteiger partial charge in [0, 0.05) is 19.3 Å². The molecule has 662 valence electrons. The summed E-state index contributed by atoms with van der Waals surface area (Å²) >= 11 is 0. The number of hydrogen-bond acceptors (Lipinski definition) is 17. The number of unbranched alkanes of at least 4 members (excludes halogenated alkanes) is 45. The van der Waals surface area contributed by atoms with E-state index in [1.165, 1.54) is 122 Å². The van der Waals surface area contributed by atoms with Gasteiger partial charge >= 0.3 is 31.7 Å². The Morgan fingerprint density at radius 3 is 0.964 bits per heavy atom. The Labute approximate surface area is 684 Å². The van der Waals surface area contributed by atoms with Gasteiger partial charge in [-0.2, -0.15) is 0 Å². The smallest absolute Gasteiger partial charge is 0.462 e. The number of rotatable bonds is 79. The summed E-state index contributed by atoms with van der Waals surface area (Å²) in [5.74, 6) is -3.50. The molecule has 2 amide bonds. The van der Waals surface area contributed by atoms with Gasteiger partial charge in [-0.3, -0.25) is 33.3 Å². The molecule has 0 spiro atoms. The van der Waals surface area contributed by atoms with Crippen molar-refractivity contribution in [3.63, 3.8) is 0 Å². The van der Waals surface area contributed by atoms with Gasteiger partial charge in [-0.25, -0.2) is 4.57 Å². The van der Waals surface area contributed by atoms with Crippen LogP contribution in [0.25, 0.3) is 0 Å². The van der Waals surface area contributed by atoms with Crippen molar-refractivity contribution in [2.24, 2.45) is 0 Å². The summed E-state index contributed by atoms with van der Waals surface area (Å²) in [5.41, 5.74) is 0. The highest BCUT2D eigenvalue weighted by atomic mass is 31.2. The Morgan fingerprint density at radius 1 is 0.384 bits per heavy atom. The summed E-state index contributed by atoms with van der Waals surface area (Å²) in [7, 11) is -5.52. The molecule has 1 fully saturated rings. The second-order valence-corrected chi connectivity index (χ2v) is 33.4. The number of esters is 4. The van der Waals surface area contributed by atoms with Crippen LogP contribution in [0.15, 0.2) is 0 Å². The topological polar surface area (TPSA) is 292 Å². The molecule has 6 N–H and O–H groups in total. The highest BCUT2D eigenvalue weighted by Crippen LogP contribution is 2.42. The lowest BCUT2D eigenvalue weighted by Gasteiger charge is -2.45. The molecule has 1 rings (SSSR count). The van der Waals surface area contributed by atoms with Crippen LogP contribution in [0, 0.1) is 0 Å². The van der Waals surface area contributed by atoms with Gasteiger partial charge in [-0.05, 0) is 77.4 Å². The highest BCUT2D eigenvalue weighted by molar-refractivity contribution is 7.46. The van der Waals surface area contributed by atoms with Crippen LogP contribution in [0.1, 0.15) is 448 Å². The van der Waals surface area contributed by atoms with Gasteiger partial charge in [0.05, 0.1) is 45.1 Å². The number of aliphatic hydroxyl groups is 2. The molecule has 0 aliphatic carbocycles. The van der Waals surface area contributed by atoms with Crippen molar-refractivity contribution < 1.29 is 86.3 Å². The lowest BCUT2D eigenvalue weighted by Crippen LogP contribution is -2.66. The minimum atomic E-state index is -5.52. The van der Waals surface area contributed by atoms with E-state index in [9.17, 15) is 53.3 Å². The summed E-state index contributed by atoms with van der Waals surface area (Å²) in [5, 5.41) is 27.5. The minimum absolute atomic E-state index is 0.151. The first kappa shape index (κ1) is 109. The number of nitrogens with zero attached hydrogens (tertiary/aromatic N) is 1. The number of hydrogen-bond donors (Lipinski definition) is 6. The third kappa shape index (κ3) is 64.8. The Morgan fingerprint density at radius 2 is 0.679 bits per heavy atom. The fourth-order valence-corrected chi connectivity index (χ4v) is 15.3. The summed E-state index contributed by atoms with van der Waals surface area (Å²) in [4.78, 5) is 108. The van der Waals surface area contributed by atoms with Gasteiger partial charge in [0.25, 0.3) is 0 Å². The van der Waals surface area contributed by atoms with Crippen LogP contribution in [0.4, 0.5) is 0 Å². The third-order valence-electron chi connectivity index (χ3n) is 21.8. The van der Waals surface area contributed by atoms with E-state index in [0.717, 1.165) is 193 Å².